The maximum Gasteiger partial charge on any atom is 0.254 e. The second-order valence-electron chi connectivity index (χ2n) is 7.83. The quantitative estimate of drug-likeness (QED) is 0.650. The van der Waals surface area contributed by atoms with Gasteiger partial charge in [-0.3, -0.25) is 9.59 Å². The zero-order valence-corrected chi connectivity index (χ0v) is 19.3. The van der Waals surface area contributed by atoms with Crippen LogP contribution in [0.4, 0.5) is 0 Å². The summed E-state index contributed by atoms with van der Waals surface area (Å²) >= 11 is 0. The first kappa shape index (κ1) is 23.2. The van der Waals surface area contributed by atoms with Crippen LogP contribution in [-0.4, -0.2) is 93.9 Å². The lowest BCUT2D eigenvalue weighted by atomic mass is 10.1. The number of ether oxygens (including phenoxy) is 2. The third-order valence-corrected chi connectivity index (χ3v) is 7.79. The molecule has 176 valence electrons. The molecule has 9 nitrogen and oxygen atoms in total. The Balaban J connectivity index is 1.49. The van der Waals surface area contributed by atoms with Crippen molar-refractivity contribution in [1.29, 1.82) is 0 Å². The number of benzene rings is 2. The molecule has 2 saturated heterocycles. The zero-order chi connectivity index (χ0) is 23.4. The highest BCUT2D eigenvalue weighted by Gasteiger charge is 2.31. The molecule has 33 heavy (non-hydrogen) atoms. The Hall–Kier alpha value is -2.95. The standard InChI is InChI=1S/C23H27N3O6S/c1-31-20-8-7-19(17-21(20)33(29,30)26-13-15-32-16-14-26)23(28)25-11-9-24(10-12-25)22(27)18-5-3-2-4-6-18/h2-8,17H,9-16H2,1H3. The van der Waals surface area contributed by atoms with E-state index in [0.717, 1.165) is 0 Å². The summed E-state index contributed by atoms with van der Waals surface area (Å²) < 4.78 is 38.3. The highest BCUT2D eigenvalue weighted by molar-refractivity contribution is 7.89. The number of carbonyl (C=O) groups excluding carboxylic acids is 2. The number of rotatable bonds is 5. The monoisotopic (exact) mass is 473 g/mol. The van der Waals surface area contributed by atoms with Crippen molar-refractivity contribution in [3.63, 3.8) is 0 Å². The molecule has 0 unspecified atom stereocenters. The molecule has 0 aliphatic carbocycles. The molecule has 2 fully saturated rings. The van der Waals surface area contributed by atoms with E-state index in [9.17, 15) is 18.0 Å². The van der Waals surface area contributed by atoms with Crippen molar-refractivity contribution in [3.8, 4) is 5.75 Å². The van der Waals surface area contributed by atoms with Gasteiger partial charge < -0.3 is 19.3 Å². The minimum atomic E-state index is -3.84. The van der Waals surface area contributed by atoms with E-state index in [1.165, 1.54) is 23.5 Å². The number of nitrogens with zero attached hydrogens (tertiary/aromatic N) is 3. The lowest BCUT2D eigenvalue weighted by molar-refractivity contribution is 0.0535. The Kier molecular flexibility index (Phi) is 6.96. The molecule has 2 aromatic carbocycles. The van der Waals surface area contributed by atoms with Crippen LogP contribution in [0.2, 0.25) is 0 Å². The van der Waals surface area contributed by atoms with Crippen LogP contribution in [0.5, 0.6) is 5.75 Å². The van der Waals surface area contributed by atoms with E-state index in [-0.39, 0.29) is 41.1 Å². The van der Waals surface area contributed by atoms with Gasteiger partial charge in [0.2, 0.25) is 10.0 Å². The molecule has 4 rings (SSSR count). The summed E-state index contributed by atoms with van der Waals surface area (Å²) in [5.74, 6) is -0.148. The molecule has 10 heteroatoms. The molecule has 2 aliphatic heterocycles. The largest absolute Gasteiger partial charge is 0.495 e. The van der Waals surface area contributed by atoms with Crippen LogP contribution in [-0.2, 0) is 14.8 Å². The highest BCUT2D eigenvalue weighted by Crippen LogP contribution is 2.29. The molecule has 0 atom stereocenters. The van der Waals surface area contributed by atoms with E-state index in [2.05, 4.69) is 0 Å². The van der Waals surface area contributed by atoms with E-state index in [0.29, 0.717) is 45.0 Å². The van der Waals surface area contributed by atoms with Gasteiger partial charge in [0.25, 0.3) is 11.8 Å². The van der Waals surface area contributed by atoms with E-state index < -0.39 is 10.0 Å². The van der Waals surface area contributed by atoms with Crippen LogP contribution >= 0.6 is 0 Å². The second kappa shape index (κ2) is 9.90. The van der Waals surface area contributed by atoms with Crippen molar-refractivity contribution in [3.05, 3.63) is 59.7 Å². The number of hydrogen-bond donors (Lipinski definition) is 0. The van der Waals surface area contributed by atoms with Gasteiger partial charge in [-0.05, 0) is 30.3 Å². The van der Waals surface area contributed by atoms with Crippen LogP contribution in [0.15, 0.2) is 53.4 Å². The number of morpholine rings is 1. The summed E-state index contributed by atoms with van der Waals surface area (Å²) in [6.07, 6.45) is 0. The normalized spacial score (nSPS) is 17.6. The van der Waals surface area contributed by atoms with Crippen molar-refractivity contribution in [2.24, 2.45) is 0 Å². The third kappa shape index (κ3) is 4.87. The first-order valence-electron chi connectivity index (χ1n) is 10.8. The van der Waals surface area contributed by atoms with Gasteiger partial charge in [-0.25, -0.2) is 8.42 Å². The third-order valence-electron chi connectivity index (χ3n) is 5.87. The Morgan fingerprint density at radius 2 is 1.39 bits per heavy atom. The molecule has 0 radical (unpaired) electrons. The predicted molar refractivity (Wildman–Crippen MR) is 121 cm³/mol. The summed E-state index contributed by atoms with van der Waals surface area (Å²) in [6, 6.07) is 13.5. The number of methoxy groups -OCH3 is 1. The minimum Gasteiger partial charge on any atom is -0.495 e. The highest BCUT2D eigenvalue weighted by atomic mass is 32.2. The van der Waals surface area contributed by atoms with Gasteiger partial charge in [0.05, 0.1) is 20.3 Å². The Morgan fingerprint density at radius 3 is 1.97 bits per heavy atom. The molecule has 0 N–H and O–H groups in total. The number of piperazine rings is 1. The average molecular weight is 474 g/mol. The number of carbonyl (C=O) groups is 2. The van der Waals surface area contributed by atoms with Gasteiger partial charge in [-0.15, -0.1) is 0 Å². The summed E-state index contributed by atoms with van der Waals surface area (Å²) in [5, 5.41) is 0. The maximum absolute atomic E-state index is 13.2. The molecule has 0 saturated carbocycles. The van der Waals surface area contributed by atoms with Crippen LogP contribution < -0.4 is 4.74 Å². The summed E-state index contributed by atoms with van der Waals surface area (Å²) in [7, 11) is -2.44. The fourth-order valence-electron chi connectivity index (χ4n) is 4.00. The van der Waals surface area contributed by atoms with Gasteiger partial charge in [-0.2, -0.15) is 4.31 Å². The van der Waals surface area contributed by atoms with Crippen molar-refractivity contribution in [1.82, 2.24) is 14.1 Å². The first-order valence-corrected chi connectivity index (χ1v) is 12.3. The van der Waals surface area contributed by atoms with Crippen LogP contribution in [0.1, 0.15) is 20.7 Å². The number of amides is 2. The van der Waals surface area contributed by atoms with Gasteiger partial charge in [0.15, 0.2) is 0 Å². The molecule has 2 aromatic rings. The number of sulfonamides is 1. The lowest BCUT2D eigenvalue weighted by Gasteiger charge is -2.35. The Bertz CT molecular complexity index is 1110. The van der Waals surface area contributed by atoms with Crippen molar-refractivity contribution < 1.29 is 27.5 Å². The molecular weight excluding hydrogens is 446 g/mol. The van der Waals surface area contributed by atoms with Crippen molar-refractivity contribution in [2.45, 2.75) is 4.90 Å². The van der Waals surface area contributed by atoms with E-state index >= 15 is 0 Å². The lowest BCUT2D eigenvalue weighted by Crippen LogP contribution is -2.50. The van der Waals surface area contributed by atoms with Crippen LogP contribution in [0, 0.1) is 0 Å². The molecule has 0 bridgehead atoms. The molecular formula is C23H27N3O6S. The predicted octanol–water partition coefficient (Wildman–Crippen LogP) is 1.31. The van der Waals surface area contributed by atoms with Gasteiger partial charge in [0.1, 0.15) is 10.6 Å². The second-order valence-corrected chi connectivity index (χ2v) is 9.74. The molecule has 2 heterocycles. The van der Waals surface area contributed by atoms with E-state index in [4.69, 9.17) is 9.47 Å². The van der Waals surface area contributed by atoms with Gasteiger partial charge in [-0.1, -0.05) is 18.2 Å². The smallest absolute Gasteiger partial charge is 0.254 e. The maximum atomic E-state index is 13.2. The first-order chi connectivity index (χ1) is 15.9. The summed E-state index contributed by atoms with van der Waals surface area (Å²) in [4.78, 5) is 29.1. The molecule has 2 amide bonds. The molecule has 0 spiro atoms. The Morgan fingerprint density at radius 1 is 0.818 bits per heavy atom. The average Bonchev–Trinajstić information content (AvgIpc) is 2.88. The van der Waals surface area contributed by atoms with Crippen LogP contribution in [0.3, 0.4) is 0 Å². The zero-order valence-electron chi connectivity index (χ0n) is 18.5. The van der Waals surface area contributed by atoms with E-state index in [1.54, 1.807) is 28.0 Å². The SMILES string of the molecule is COc1ccc(C(=O)N2CCN(C(=O)c3ccccc3)CC2)cc1S(=O)(=O)N1CCOCC1. The van der Waals surface area contributed by atoms with Gasteiger partial charge >= 0.3 is 0 Å². The topological polar surface area (TPSA) is 96.5 Å². The summed E-state index contributed by atoms with van der Waals surface area (Å²) in [6.45, 7) is 2.72. The van der Waals surface area contributed by atoms with E-state index in [1.807, 2.05) is 18.2 Å². The summed E-state index contributed by atoms with van der Waals surface area (Å²) in [5.41, 5.74) is 0.885. The fraction of sp³-hybridized carbons (Fsp3) is 0.391. The number of hydrogen-bond acceptors (Lipinski definition) is 6. The fourth-order valence-corrected chi connectivity index (χ4v) is 5.59. The van der Waals surface area contributed by atoms with Crippen molar-refractivity contribution in [2.75, 3.05) is 59.6 Å². The van der Waals surface area contributed by atoms with Gasteiger partial charge in [0, 0.05) is 50.4 Å². The van der Waals surface area contributed by atoms with Crippen LogP contribution in [0.25, 0.3) is 0 Å². The Labute approximate surface area is 193 Å². The molecule has 2 aliphatic rings. The molecule has 0 aromatic heterocycles. The van der Waals surface area contributed by atoms with Crippen molar-refractivity contribution >= 4 is 21.8 Å². The minimum absolute atomic E-state index is 0.0318.